The normalized spacial score (nSPS) is 11.0. The minimum absolute atomic E-state index is 0.120. The first-order valence-corrected chi connectivity index (χ1v) is 9.79. The number of Topliss-reactive ketones (excluding diaryl/α,β-unsaturated/α-hetero) is 1. The van der Waals surface area contributed by atoms with Crippen LogP contribution in [0.2, 0.25) is 0 Å². The van der Waals surface area contributed by atoms with E-state index in [-0.39, 0.29) is 31.1 Å². The number of esters is 2. The SMILES string of the molecule is CC(=O)CC(=O)OCC=Cc1cccnc1.CC=C(N)C(=O)OCC=Cc1cccnc1. The monoisotopic (exact) mass is 437 g/mol. The average molecular weight is 437 g/mol. The zero-order valence-corrected chi connectivity index (χ0v) is 18.1. The molecule has 0 fully saturated rings. The maximum Gasteiger partial charge on any atom is 0.354 e. The molecular formula is C24H27N3O5. The summed E-state index contributed by atoms with van der Waals surface area (Å²) < 4.78 is 9.68. The predicted octanol–water partition coefficient (Wildman–Crippen LogP) is 3.12. The highest BCUT2D eigenvalue weighted by molar-refractivity contribution is 5.94. The molecule has 0 aliphatic heterocycles. The van der Waals surface area contributed by atoms with Crippen molar-refractivity contribution in [1.29, 1.82) is 0 Å². The zero-order valence-electron chi connectivity index (χ0n) is 18.1. The number of nitrogens with two attached hydrogens (primary N) is 1. The van der Waals surface area contributed by atoms with Crippen LogP contribution in [-0.4, -0.2) is 40.9 Å². The number of hydrogen-bond acceptors (Lipinski definition) is 8. The predicted molar refractivity (Wildman–Crippen MR) is 122 cm³/mol. The lowest BCUT2D eigenvalue weighted by Gasteiger charge is -2.00. The molecule has 8 heteroatoms. The third-order valence-electron chi connectivity index (χ3n) is 3.58. The molecule has 0 saturated carbocycles. The number of nitrogens with zero attached hydrogens (tertiary/aromatic N) is 2. The van der Waals surface area contributed by atoms with E-state index in [4.69, 9.17) is 15.2 Å². The molecule has 0 aliphatic rings. The average Bonchev–Trinajstić information content (AvgIpc) is 2.80. The van der Waals surface area contributed by atoms with Crippen LogP contribution in [0.5, 0.6) is 0 Å². The molecule has 2 rings (SSSR count). The van der Waals surface area contributed by atoms with Crippen LogP contribution < -0.4 is 5.73 Å². The number of rotatable bonds is 9. The van der Waals surface area contributed by atoms with Gasteiger partial charge in [-0.15, -0.1) is 0 Å². The maximum absolute atomic E-state index is 11.1. The van der Waals surface area contributed by atoms with Gasteiger partial charge in [0.15, 0.2) is 0 Å². The van der Waals surface area contributed by atoms with Crippen LogP contribution in [0.1, 0.15) is 31.4 Å². The molecule has 0 aromatic carbocycles. The molecule has 0 spiro atoms. The van der Waals surface area contributed by atoms with Gasteiger partial charge in [0.05, 0.1) is 0 Å². The van der Waals surface area contributed by atoms with Crippen molar-refractivity contribution in [3.63, 3.8) is 0 Å². The van der Waals surface area contributed by atoms with Crippen LogP contribution in [0.15, 0.2) is 73.0 Å². The second kappa shape index (κ2) is 15.7. The molecule has 0 saturated heterocycles. The van der Waals surface area contributed by atoms with E-state index in [9.17, 15) is 14.4 Å². The van der Waals surface area contributed by atoms with Crippen LogP contribution in [0.3, 0.4) is 0 Å². The Balaban J connectivity index is 0.000000320. The molecule has 2 heterocycles. The van der Waals surface area contributed by atoms with Crippen LogP contribution in [0.4, 0.5) is 0 Å². The second-order valence-corrected chi connectivity index (χ2v) is 6.28. The lowest BCUT2D eigenvalue weighted by molar-refractivity contribution is -0.144. The summed E-state index contributed by atoms with van der Waals surface area (Å²) in [7, 11) is 0. The van der Waals surface area contributed by atoms with Crippen LogP contribution in [0, 0.1) is 0 Å². The molecule has 168 valence electrons. The molecule has 0 atom stereocenters. The Hall–Kier alpha value is -4.07. The van der Waals surface area contributed by atoms with Gasteiger partial charge in [-0.1, -0.05) is 30.4 Å². The number of pyridine rings is 2. The molecule has 0 aliphatic carbocycles. The van der Waals surface area contributed by atoms with Crippen LogP contribution in [0.25, 0.3) is 12.2 Å². The van der Waals surface area contributed by atoms with Crippen molar-refractivity contribution in [2.24, 2.45) is 5.73 Å². The van der Waals surface area contributed by atoms with Gasteiger partial charge in [-0.2, -0.15) is 0 Å². The van der Waals surface area contributed by atoms with Gasteiger partial charge in [-0.25, -0.2) is 4.79 Å². The third kappa shape index (κ3) is 12.5. The van der Waals surface area contributed by atoms with Gasteiger partial charge in [0, 0.05) is 24.8 Å². The lowest BCUT2D eigenvalue weighted by atomic mass is 10.3. The van der Waals surface area contributed by atoms with E-state index < -0.39 is 11.9 Å². The summed E-state index contributed by atoms with van der Waals surface area (Å²) in [6, 6.07) is 7.46. The van der Waals surface area contributed by atoms with Crippen molar-refractivity contribution in [2.75, 3.05) is 13.2 Å². The molecule has 8 nitrogen and oxygen atoms in total. The van der Waals surface area contributed by atoms with Crippen LogP contribution in [-0.2, 0) is 23.9 Å². The molecule has 0 unspecified atom stereocenters. The van der Waals surface area contributed by atoms with E-state index in [1.165, 1.54) is 13.0 Å². The van der Waals surface area contributed by atoms with Gasteiger partial charge in [0.1, 0.15) is 31.1 Å². The van der Waals surface area contributed by atoms with Crippen molar-refractivity contribution in [2.45, 2.75) is 20.3 Å². The summed E-state index contributed by atoms with van der Waals surface area (Å²) in [4.78, 5) is 40.6. The molecule has 32 heavy (non-hydrogen) atoms. The lowest BCUT2D eigenvalue weighted by Crippen LogP contribution is -2.14. The van der Waals surface area contributed by atoms with Gasteiger partial charge in [0.2, 0.25) is 0 Å². The number of carbonyl (C=O) groups is 3. The smallest absolute Gasteiger partial charge is 0.354 e. The topological polar surface area (TPSA) is 121 Å². The molecule has 2 aromatic heterocycles. The van der Waals surface area contributed by atoms with Crippen molar-refractivity contribution in [3.05, 3.63) is 84.1 Å². The highest BCUT2D eigenvalue weighted by Crippen LogP contribution is 1.99. The zero-order chi connectivity index (χ0) is 23.6. The number of aromatic nitrogens is 2. The third-order valence-corrected chi connectivity index (χ3v) is 3.58. The largest absolute Gasteiger partial charge is 0.461 e. The van der Waals surface area contributed by atoms with E-state index in [0.717, 1.165) is 11.1 Å². The first-order chi connectivity index (χ1) is 15.4. The molecule has 2 aromatic rings. The van der Waals surface area contributed by atoms with E-state index in [1.54, 1.807) is 49.9 Å². The van der Waals surface area contributed by atoms with Crippen LogP contribution >= 0.6 is 0 Å². The summed E-state index contributed by atoms with van der Waals surface area (Å²) in [5.74, 6) is -1.19. The molecule has 2 N–H and O–H groups in total. The first kappa shape index (κ1) is 26.0. The van der Waals surface area contributed by atoms with Crippen molar-refractivity contribution in [1.82, 2.24) is 9.97 Å². The fourth-order valence-electron chi connectivity index (χ4n) is 2.04. The molecule has 0 bridgehead atoms. The Bertz CT molecular complexity index is 939. The summed E-state index contributed by atoms with van der Waals surface area (Å²) in [6.07, 6.45) is 15.2. The van der Waals surface area contributed by atoms with Crippen molar-refractivity contribution in [3.8, 4) is 0 Å². The maximum atomic E-state index is 11.1. The minimum Gasteiger partial charge on any atom is -0.461 e. The summed E-state index contributed by atoms with van der Waals surface area (Å²) >= 11 is 0. The Kier molecular flexibility index (Phi) is 12.8. The summed E-state index contributed by atoms with van der Waals surface area (Å²) in [5, 5.41) is 0. The van der Waals surface area contributed by atoms with E-state index in [1.807, 2.05) is 30.3 Å². The van der Waals surface area contributed by atoms with Gasteiger partial charge in [-0.05, 0) is 49.3 Å². The number of hydrogen-bond donors (Lipinski definition) is 1. The van der Waals surface area contributed by atoms with E-state index in [2.05, 4.69) is 9.97 Å². The molecule has 0 amide bonds. The Morgan fingerprint density at radius 2 is 1.47 bits per heavy atom. The number of ketones is 1. The van der Waals surface area contributed by atoms with Gasteiger partial charge in [-0.3, -0.25) is 19.6 Å². The van der Waals surface area contributed by atoms with E-state index >= 15 is 0 Å². The van der Waals surface area contributed by atoms with Gasteiger partial charge >= 0.3 is 11.9 Å². The molecular weight excluding hydrogens is 410 g/mol. The van der Waals surface area contributed by atoms with Crippen molar-refractivity contribution < 1.29 is 23.9 Å². The Labute approximate surface area is 187 Å². The number of ether oxygens (including phenoxy) is 2. The fraction of sp³-hybridized carbons (Fsp3) is 0.208. The summed E-state index contributed by atoms with van der Waals surface area (Å²) in [6.45, 7) is 3.40. The Morgan fingerprint density at radius 1 is 0.938 bits per heavy atom. The quantitative estimate of drug-likeness (QED) is 0.361. The van der Waals surface area contributed by atoms with Gasteiger partial charge in [0.25, 0.3) is 0 Å². The van der Waals surface area contributed by atoms with Crippen molar-refractivity contribution >= 4 is 29.9 Å². The first-order valence-electron chi connectivity index (χ1n) is 9.79. The summed E-state index contributed by atoms with van der Waals surface area (Å²) in [5.41, 5.74) is 7.37. The van der Waals surface area contributed by atoms with Gasteiger partial charge < -0.3 is 15.2 Å². The molecule has 0 radical (unpaired) electrons. The highest BCUT2D eigenvalue weighted by Gasteiger charge is 2.04. The Morgan fingerprint density at radius 3 is 1.91 bits per heavy atom. The standard InChI is InChI=1S/C12H14N2O2.C12H13NO3/c1-2-11(13)12(15)16-8-4-6-10-5-3-7-14-9-10;1-10(14)8-12(15)16-7-3-5-11-4-2-6-13-9-11/h2-7,9H,8,13H2,1H3;2-6,9H,7-8H2,1H3. The number of allylic oxidation sites excluding steroid dienone is 1. The van der Waals surface area contributed by atoms with E-state index in [0.29, 0.717) is 0 Å². The second-order valence-electron chi connectivity index (χ2n) is 6.28. The fourth-order valence-corrected chi connectivity index (χ4v) is 2.04. The minimum atomic E-state index is -0.502. The number of carbonyl (C=O) groups excluding carboxylic acids is 3. The highest BCUT2D eigenvalue weighted by atomic mass is 16.5.